The number of hydrogen-bond donors (Lipinski definition) is 2. The maximum absolute atomic E-state index is 12.2. The molecule has 1 aliphatic heterocycles. The Morgan fingerprint density at radius 1 is 1.22 bits per heavy atom. The lowest BCUT2D eigenvalue weighted by molar-refractivity contribution is -0.123. The number of carbonyl (C=O) groups is 2. The van der Waals surface area contributed by atoms with Crippen molar-refractivity contribution in [3.63, 3.8) is 0 Å². The maximum Gasteiger partial charge on any atom is 0.224 e. The number of carbonyl (C=O) groups excluding carboxylic acids is 2. The number of nitrogens with one attached hydrogen (secondary N) is 2. The molecule has 2 N–H and O–H groups in total. The molecule has 1 unspecified atom stereocenters. The molecule has 1 saturated heterocycles. The molecule has 1 atom stereocenters. The standard InChI is InChI=1S/C19H24N2O2/c22-17(10-9-15-6-2-1-3-7-15)20-14-19-12-5-4-8-16(19)21-18(23)11-13-19/h1-3,6-8H,4-5,9-14H2,(H,20,22)(H,21,23). The number of benzene rings is 1. The van der Waals surface area contributed by atoms with Crippen LogP contribution in [0.4, 0.5) is 0 Å². The fourth-order valence-corrected chi connectivity index (χ4v) is 3.58. The van der Waals surface area contributed by atoms with Gasteiger partial charge in [-0.2, -0.15) is 0 Å². The number of hydrogen-bond acceptors (Lipinski definition) is 2. The van der Waals surface area contributed by atoms with Crippen molar-refractivity contribution in [1.29, 1.82) is 0 Å². The highest BCUT2D eigenvalue weighted by molar-refractivity contribution is 5.80. The summed E-state index contributed by atoms with van der Waals surface area (Å²) in [6, 6.07) is 10.1. The molecule has 0 bridgehead atoms. The highest BCUT2D eigenvalue weighted by Gasteiger charge is 2.40. The van der Waals surface area contributed by atoms with Gasteiger partial charge in [0.05, 0.1) is 0 Å². The van der Waals surface area contributed by atoms with E-state index in [9.17, 15) is 9.59 Å². The fourth-order valence-electron chi connectivity index (χ4n) is 3.58. The van der Waals surface area contributed by atoms with E-state index in [-0.39, 0.29) is 17.2 Å². The van der Waals surface area contributed by atoms with Crippen molar-refractivity contribution < 1.29 is 9.59 Å². The molecule has 0 aromatic heterocycles. The van der Waals surface area contributed by atoms with Gasteiger partial charge in [-0.1, -0.05) is 36.4 Å². The topological polar surface area (TPSA) is 58.2 Å². The lowest BCUT2D eigenvalue weighted by Gasteiger charge is -2.42. The predicted octanol–water partition coefficient (Wildman–Crippen LogP) is 2.70. The summed E-state index contributed by atoms with van der Waals surface area (Å²) in [5, 5.41) is 6.11. The molecular weight excluding hydrogens is 288 g/mol. The molecule has 1 aliphatic carbocycles. The molecule has 0 saturated carbocycles. The van der Waals surface area contributed by atoms with E-state index in [0.29, 0.717) is 19.4 Å². The van der Waals surface area contributed by atoms with Gasteiger partial charge in [0.25, 0.3) is 0 Å². The van der Waals surface area contributed by atoms with E-state index in [4.69, 9.17) is 0 Å². The highest BCUT2D eigenvalue weighted by Crippen LogP contribution is 2.42. The zero-order valence-electron chi connectivity index (χ0n) is 13.4. The Labute approximate surface area is 137 Å². The Hall–Kier alpha value is -2.10. The third-order valence-electron chi connectivity index (χ3n) is 4.99. The summed E-state index contributed by atoms with van der Waals surface area (Å²) >= 11 is 0. The second kappa shape index (κ2) is 6.99. The lowest BCUT2D eigenvalue weighted by atomic mass is 9.70. The zero-order valence-corrected chi connectivity index (χ0v) is 13.4. The number of allylic oxidation sites excluding steroid dienone is 1. The number of fused-ring (bicyclic) bond motifs is 1. The molecule has 0 radical (unpaired) electrons. The summed E-state index contributed by atoms with van der Waals surface area (Å²) in [4.78, 5) is 23.8. The monoisotopic (exact) mass is 312 g/mol. The third-order valence-corrected chi connectivity index (χ3v) is 4.99. The van der Waals surface area contributed by atoms with E-state index < -0.39 is 0 Å². The molecule has 2 aliphatic rings. The van der Waals surface area contributed by atoms with Crippen molar-refractivity contribution in [2.45, 2.75) is 44.9 Å². The number of amides is 2. The predicted molar refractivity (Wildman–Crippen MR) is 89.5 cm³/mol. The van der Waals surface area contributed by atoms with Gasteiger partial charge >= 0.3 is 0 Å². The van der Waals surface area contributed by atoms with E-state index >= 15 is 0 Å². The van der Waals surface area contributed by atoms with Gasteiger partial charge in [-0.25, -0.2) is 0 Å². The largest absolute Gasteiger partial charge is 0.355 e. The first-order valence-electron chi connectivity index (χ1n) is 8.49. The first kappa shape index (κ1) is 15.8. The molecule has 4 nitrogen and oxygen atoms in total. The summed E-state index contributed by atoms with van der Waals surface area (Å²) in [5.74, 6) is 0.189. The van der Waals surface area contributed by atoms with Gasteiger partial charge in [-0.05, 0) is 37.7 Å². The van der Waals surface area contributed by atoms with Gasteiger partial charge in [0.2, 0.25) is 11.8 Å². The van der Waals surface area contributed by atoms with Crippen LogP contribution in [0.5, 0.6) is 0 Å². The van der Waals surface area contributed by atoms with Gasteiger partial charge < -0.3 is 10.6 Å². The minimum Gasteiger partial charge on any atom is -0.355 e. The molecule has 1 aromatic carbocycles. The number of piperidine rings is 1. The number of aryl methyl sites for hydroxylation is 1. The fraction of sp³-hybridized carbons (Fsp3) is 0.474. The first-order valence-corrected chi connectivity index (χ1v) is 8.49. The molecule has 23 heavy (non-hydrogen) atoms. The van der Waals surface area contributed by atoms with Crippen molar-refractivity contribution in [2.75, 3.05) is 6.54 Å². The summed E-state index contributed by atoms with van der Waals surface area (Å²) in [7, 11) is 0. The zero-order chi connectivity index (χ0) is 16.1. The summed E-state index contributed by atoms with van der Waals surface area (Å²) < 4.78 is 0. The third kappa shape index (κ3) is 3.81. The van der Waals surface area contributed by atoms with Gasteiger partial charge in [-0.15, -0.1) is 0 Å². The Morgan fingerprint density at radius 2 is 2.04 bits per heavy atom. The number of rotatable bonds is 5. The summed E-state index contributed by atoms with van der Waals surface area (Å²) in [5.41, 5.74) is 2.15. The van der Waals surface area contributed by atoms with Crippen LogP contribution < -0.4 is 10.6 Å². The van der Waals surface area contributed by atoms with E-state index in [1.807, 2.05) is 30.3 Å². The van der Waals surface area contributed by atoms with Gasteiger partial charge in [0.1, 0.15) is 0 Å². The average molecular weight is 312 g/mol. The summed E-state index contributed by atoms with van der Waals surface area (Å²) in [6.07, 6.45) is 7.97. The Morgan fingerprint density at radius 3 is 2.87 bits per heavy atom. The molecular formula is C19H24N2O2. The van der Waals surface area contributed by atoms with E-state index in [2.05, 4.69) is 16.7 Å². The van der Waals surface area contributed by atoms with E-state index in [1.165, 1.54) is 5.56 Å². The SMILES string of the molecule is O=C(CCc1ccccc1)NCC12CCCC=C1NC(=O)CC2. The van der Waals surface area contributed by atoms with Crippen LogP contribution in [-0.4, -0.2) is 18.4 Å². The van der Waals surface area contributed by atoms with Crippen molar-refractivity contribution >= 4 is 11.8 Å². The van der Waals surface area contributed by atoms with Crippen LogP contribution in [0.15, 0.2) is 42.1 Å². The lowest BCUT2D eigenvalue weighted by Crippen LogP contribution is -2.48. The second-order valence-electron chi connectivity index (χ2n) is 6.60. The molecule has 4 heteroatoms. The Kier molecular flexibility index (Phi) is 4.79. The van der Waals surface area contributed by atoms with Crippen molar-refractivity contribution in [2.24, 2.45) is 5.41 Å². The molecule has 1 aromatic rings. The normalized spacial score (nSPS) is 23.5. The molecule has 122 valence electrons. The molecule has 0 spiro atoms. The van der Waals surface area contributed by atoms with Crippen molar-refractivity contribution in [3.05, 3.63) is 47.7 Å². The molecule has 2 amide bonds. The van der Waals surface area contributed by atoms with Gasteiger partial charge in [0.15, 0.2) is 0 Å². The van der Waals surface area contributed by atoms with Crippen LogP contribution in [0.1, 0.15) is 44.1 Å². The average Bonchev–Trinajstić information content (AvgIpc) is 2.59. The molecule has 1 heterocycles. The Balaban J connectivity index is 1.54. The van der Waals surface area contributed by atoms with E-state index in [1.54, 1.807) is 0 Å². The second-order valence-corrected chi connectivity index (χ2v) is 6.60. The van der Waals surface area contributed by atoms with Gasteiger partial charge in [0, 0.05) is 30.5 Å². The van der Waals surface area contributed by atoms with Crippen molar-refractivity contribution in [1.82, 2.24) is 10.6 Å². The smallest absolute Gasteiger partial charge is 0.224 e. The minimum absolute atomic E-state index is 0.0609. The van der Waals surface area contributed by atoms with E-state index in [0.717, 1.165) is 37.8 Å². The van der Waals surface area contributed by atoms with Crippen LogP contribution in [0.3, 0.4) is 0 Å². The van der Waals surface area contributed by atoms with Gasteiger partial charge in [-0.3, -0.25) is 9.59 Å². The minimum atomic E-state index is -0.0609. The molecule has 3 rings (SSSR count). The van der Waals surface area contributed by atoms with Crippen LogP contribution in [0, 0.1) is 5.41 Å². The van der Waals surface area contributed by atoms with Crippen LogP contribution in [0.2, 0.25) is 0 Å². The van der Waals surface area contributed by atoms with Crippen molar-refractivity contribution in [3.8, 4) is 0 Å². The summed E-state index contributed by atoms with van der Waals surface area (Å²) in [6.45, 7) is 0.632. The Bertz CT molecular complexity index is 609. The molecule has 1 fully saturated rings. The quantitative estimate of drug-likeness (QED) is 0.878. The van der Waals surface area contributed by atoms with Crippen LogP contribution in [-0.2, 0) is 16.0 Å². The maximum atomic E-state index is 12.2. The van der Waals surface area contributed by atoms with Crippen LogP contribution >= 0.6 is 0 Å². The highest BCUT2D eigenvalue weighted by atomic mass is 16.2. The first-order chi connectivity index (χ1) is 11.2. The van der Waals surface area contributed by atoms with Crippen LogP contribution in [0.25, 0.3) is 0 Å².